The predicted octanol–water partition coefficient (Wildman–Crippen LogP) is 3.33. The molecule has 1 aromatic rings. The molecule has 4 heteroatoms. The highest BCUT2D eigenvalue weighted by Gasteiger charge is 2.24. The molecule has 0 unspecified atom stereocenters. The highest BCUT2D eigenvalue weighted by atomic mass is 16.2. The second kappa shape index (κ2) is 8.14. The van der Waals surface area contributed by atoms with Crippen molar-refractivity contribution in [2.75, 3.05) is 13.1 Å². The Balaban J connectivity index is 1.87. The van der Waals surface area contributed by atoms with Crippen molar-refractivity contribution in [1.29, 1.82) is 0 Å². The molecule has 1 fully saturated rings. The third kappa shape index (κ3) is 4.81. The average molecular weight is 316 g/mol. The third-order valence-electron chi connectivity index (χ3n) is 4.45. The zero-order chi connectivity index (χ0) is 16.8. The van der Waals surface area contributed by atoms with Crippen LogP contribution in [0.4, 0.5) is 0 Å². The van der Waals surface area contributed by atoms with Gasteiger partial charge in [0, 0.05) is 31.1 Å². The first-order chi connectivity index (χ1) is 11.0. The minimum Gasteiger partial charge on any atom is -0.353 e. The van der Waals surface area contributed by atoms with E-state index in [1.165, 1.54) is 5.56 Å². The molecule has 0 aliphatic carbocycles. The average Bonchev–Trinajstić information content (AvgIpc) is 2.55. The topological polar surface area (TPSA) is 49.4 Å². The number of likely N-dealkylation sites (tertiary alicyclic amines) is 1. The lowest BCUT2D eigenvalue weighted by Crippen LogP contribution is -2.46. The standard InChI is InChI=1S/C19H28N2O2/c1-4-5-18(22)20-17-10-12-21(13-11-17)19(23)16-8-6-15(7-9-16)14(2)3/h6-9,14,17H,4-5,10-13H2,1-3H3,(H,20,22). The molecule has 0 saturated carbocycles. The van der Waals surface area contributed by atoms with Gasteiger partial charge in [-0.25, -0.2) is 0 Å². The van der Waals surface area contributed by atoms with Crippen molar-refractivity contribution in [3.05, 3.63) is 35.4 Å². The molecule has 1 aliphatic rings. The fraction of sp³-hybridized carbons (Fsp3) is 0.579. The first-order valence-corrected chi connectivity index (χ1v) is 8.69. The molecular formula is C19H28N2O2. The first-order valence-electron chi connectivity index (χ1n) is 8.69. The Kier molecular flexibility index (Phi) is 6.20. The zero-order valence-corrected chi connectivity index (χ0v) is 14.5. The zero-order valence-electron chi connectivity index (χ0n) is 14.5. The number of carbonyl (C=O) groups excluding carboxylic acids is 2. The van der Waals surface area contributed by atoms with E-state index in [0.29, 0.717) is 25.4 Å². The van der Waals surface area contributed by atoms with Gasteiger partial charge in [-0.05, 0) is 42.9 Å². The smallest absolute Gasteiger partial charge is 0.253 e. The van der Waals surface area contributed by atoms with Crippen LogP contribution in [0.5, 0.6) is 0 Å². The number of rotatable bonds is 5. The summed E-state index contributed by atoms with van der Waals surface area (Å²) in [6.07, 6.45) is 3.13. The Labute approximate surface area is 139 Å². The van der Waals surface area contributed by atoms with E-state index in [-0.39, 0.29) is 17.9 Å². The number of nitrogens with zero attached hydrogens (tertiary/aromatic N) is 1. The van der Waals surface area contributed by atoms with Gasteiger partial charge in [0.1, 0.15) is 0 Å². The molecule has 0 bridgehead atoms. The number of amides is 2. The van der Waals surface area contributed by atoms with Crippen molar-refractivity contribution in [3.63, 3.8) is 0 Å². The van der Waals surface area contributed by atoms with Gasteiger partial charge < -0.3 is 10.2 Å². The normalized spacial score (nSPS) is 15.7. The molecule has 4 nitrogen and oxygen atoms in total. The molecule has 2 rings (SSSR count). The molecule has 0 aromatic heterocycles. The van der Waals surface area contributed by atoms with Gasteiger partial charge >= 0.3 is 0 Å². The first kappa shape index (κ1) is 17.5. The summed E-state index contributed by atoms with van der Waals surface area (Å²) in [7, 11) is 0. The largest absolute Gasteiger partial charge is 0.353 e. The van der Waals surface area contributed by atoms with Crippen LogP contribution in [0.2, 0.25) is 0 Å². The fourth-order valence-electron chi connectivity index (χ4n) is 2.95. The van der Waals surface area contributed by atoms with Crippen LogP contribution in [0, 0.1) is 0 Å². The van der Waals surface area contributed by atoms with Gasteiger partial charge in [-0.15, -0.1) is 0 Å². The maximum Gasteiger partial charge on any atom is 0.253 e. The quantitative estimate of drug-likeness (QED) is 0.906. The predicted molar refractivity (Wildman–Crippen MR) is 92.5 cm³/mol. The lowest BCUT2D eigenvalue weighted by molar-refractivity contribution is -0.122. The van der Waals surface area contributed by atoms with Gasteiger partial charge in [0.05, 0.1) is 0 Å². The molecule has 1 aromatic carbocycles. The maximum absolute atomic E-state index is 12.6. The lowest BCUT2D eigenvalue weighted by atomic mass is 10.0. The molecule has 0 atom stereocenters. The number of hydrogen-bond acceptors (Lipinski definition) is 2. The summed E-state index contributed by atoms with van der Waals surface area (Å²) in [5, 5.41) is 3.06. The Morgan fingerprint density at radius 1 is 1.17 bits per heavy atom. The molecule has 1 N–H and O–H groups in total. The summed E-state index contributed by atoms with van der Waals surface area (Å²) in [6.45, 7) is 7.72. The highest BCUT2D eigenvalue weighted by molar-refractivity contribution is 5.94. The molecule has 23 heavy (non-hydrogen) atoms. The highest BCUT2D eigenvalue weighted by Crippen LogP contribution is 2.18. The summed E-state index contributed by atoms with van der Waals surface area (Å²) in [4.78, 5) is 26.1. The van der Waals surface area contributed by atoms with E-state index >= 15 is 0 Å². The molecule has 1 aliphatic heterocycles. The maximum atomic E-state index is 12.6. The van der Waals surface area contributed by atoms with Crippen LogP contribution in [-0.2, 0) is 4.79 Å². The number of benzene rings is 1. The number of nitrogens with one attached hydrogen (secondary N) is 1. The van der Waals surface area contributed by atoms with Crippen molar-refractivity contribution < 1.29 is 9.59 Å². The van der Waals surface area contributed by atoms with E-state index in [9.17, 15) is 9.59 Å². The van der Waals surface area contributed by atoms with Gasteiger partial charge in [-0.3, -0.25) is 9.59 Å². The van der Waals surface area contributed by atoms with Crippen molar-refractivity contribution in [2.24, 2.45) is 0 Å². The van der Waals surface area contributed by atoms with E-state index < -0.39 is 0 Å². The van der Waals surface area contributed by atoms with E-state index in [2.05, 4.69) is 19.2 Å². The molecule has 0 spiro atoms. The molecule has 126 valence electrons. The van der Waals surface area contributed by atoms with Crippen molar-refractivity contribution in [1.82, 2.24) is 10.2 Å². The molecule has 2 amide bonds. The molecule has 1 heterocycles. The van der Waals surface area contributed by atoms with Crippen molar-refractivity contribution in [2.45, 2.75) is 58.4 Å². The Morgan fingerprint density at radius 3 is 2.30 bits per heavy atom. The van der Waals surface area contributed by atoms with Crippen LogP contribution in [0.3, 0.4) is 0 Å². The second-order valence-electron chi connectivity index (χ2n) is 6.66. The van der Waals surface area contributed by atoms with E-state index in [1.807, 2.05) is 36.1 Å². The van der Waals surface area contributed by atoms with E-state index in [0.717, 1.165) is 24.8 Å². The summed E-state index contributed by atoms with van der Waals surface area (Å²) < 4.78 is 0. The van der Waals surface area contributed by atoms with Gasteiger partial charge in [-0.2, -0.15) is 0 Å². The van der Waals surface area contributed by atoms with Gasteiger partial charge in [0.15, 0.2) is 0 Å². The van der Waals surface area contributed by atoms with Crippen LogP contribution in [0.1, 0.15) is 68.3 Å². The SMILES string of the molecule is CCCC(=O)NC1CCN(C(=O)c2ccc(C(C)C)cc2)CC1. The summed E-state index contributed by atoms with van der Waals surface area (Å²) in [6, 6.07) is 8.13. The van der Waals surface area contributed by atoms with E-state index in [4.69, 9.17) is 0 Å². The number of carbonyl (C=O) groups is 2. The van der Waals surface area contributed by atoms with Gasteiger partial charge in [0.25, 0.3) is 5.91 Å². The summed E-state index contributed by atoms with van der Waals surface area (Å²) in [5.74, 6) is 0.696. The van der Waals surface area contributed by atoms with Gasteiger partial charge in [-0.1, -0.05) is 32.9 Å². The summed E-state index contributed by atoms with van der Waals surface area (Å²) in [5.41, 5.74) is 2.00. The molecule has 1 saturated heterocycles. The van der Waals surface area contributed by atoms with Crippen LogP contribution < -0.4 is 5.32 Å². The number of hydrogen-bond donors (Lipinski definition) is 1. The van der Waals surface area contributed by atoms with Crippen molar-refractivity contribution >= 4 is 11.8 Å². The lowest BCUT2D eigenvalue weighted by Gasteiger charge is -2.32. The van der Waals surface area contributed by atoms with Crippen LogP contribution in [-0.4, -0.2) is 35.8 Å². The van der Waals surface area contributed by atoms with Crippen molar-refractivity contribution in [3.8, 4) is 0 Å². The molecule has 0 radical (unpaired) electrons. The van der Waals surface area contributed by atoms with E-state index in [1.54, 1.807) is 0 Å². The molecular weight excluding hydrogens is 288 g/mol. The minimum atomic E-state index is 0.0960. The van der Waals surface area contributed by atoms with Crippen LogP contribution in [0.25, 0.3) is 0 Å². The third-order valence-corrected chi connectivity index (χ3v) is 4.45. The van der Waals surface area contributed by atoms with Gasteiger partial charge in [0.2, 0.25) is 5.91 Å². The Hall–Kier alpha value is -1.84. The van der Waals surface area contributed by atoms with Crippen LogP contribution >= 0.6 is 0 Å². The summed E-state index contributed by atoms with van der Waals surface area (Å²) >= 11 is 0. The Bertz CT molecular complexity index is 529. The fourth-order valence-corrected chi connectivity index (χ4v) is 2.95. The second-order valence-corrected chi connectivity index (χ2v) is 6.66. The number of piperidine rings is 1. The van der Waals surface area contributed by atoms with Crippen LogP contribution in [0.15, 0.2) is 24.3 Å². The monoisotopic (exact) mass is 316 g/mol. The Morgan fingerprint density at radius 2 is 1.78 bits per heavy atom. The minimum absolute atomic E-state index is 0.0960.